The quantitative estimate of drug-likeness (QED) is 0.597. The van der Waals surface area contributed by atoms with Gasteiger partial charge in [0.05, 0.1) is 19.8 Å². The van der Waals surface area contributed by atoms with Gasteiger partial charge in [-0.15, -0.1) is 0 Å². The predicted octanol–water partition coefficient (Wildman–Crippen LogP) is 4.06. The molecule has 6 nitrogen and oxygen atoms in total. The first-order valence-corrected chi connectivity index (χ1v) is 8.01. The second kappa shape index (κ2) is 7.74. The van der Waals surface area contributed by atoms with Crippen molar-refractivity contribution < 1.29 is 23.4 Å². The van der Waals surface area contributed by atoms with Crippen molar-refractivity contribution in [1.82, 2.24) is 4.98 Å². The van der Waals surface area contributed by atoms with Crippen LogP contribution < -0.4 is 14.2 Å². The van der Waals surface area contributed by atoms with Crippen molar-refractivity contribution in [2.24, 2.45) is 0 Å². The minimum atomic E-state index is 0.252. The number of aldehydes is 1. The Morgan fingerprint density at radius 3 is 2.42 bits per heavy atom. The molecule has 26 heavy (non-hydrogen) atoms. The Labute approximate surface area is 151 Å². The van der Waals surface area contributed by atoms with Gasteiger partial charge in [0, 0.05) is 5.56 Å². The monoisotopic (exact) mass is 353 g/mol. The summed E-state index contributed by atoms with van der Waals surface area (Å²) in [4.78, 5) is 15.2. The van der Waals surface area contributed by atoms with Gasteiger partial charge in [0.25, 0.3) is 0 Å². The van der Waals surface area contributed by atoms with E-state index in [1.165, 1.54) is 0 Å². The topological polar surface area (TPSA) is 70.8 Å². The highest BCUT2D eigenvalue weighted by atomic mass is 16.5. The third-order valence-corrected chi connectivity index (χ3v) is 3.92. The van der Waals surface area contributed by atoms with Crippen LogP contribution in [-0.2, 0) is 6.61 Å². The Kier molecular flexibility index (Phi) is 5.22. The van der Waals surface area contributed by atoms with Gasteiger partial charge in [0.15, 0.2) is 0 Å². The Morgan fingerprint density at radius 1 is 1.04 bits per heavy atom. The fourth-order valence-electron chi connectivity index (χ4n) is 2.45. The molecule has 1 heterocycles. The minimum absolute atomic E-state index is 0.252. The summed E-state index contributed by atoms with van der Waals surface area (Å²) in [6.07, 6.45) is 0.791. The lowest BCUT2D eigenvalue weighted by Gasteiger charge is -2.07. The highest BCUT2D eigenvalue weighted by molar-refractivity contribution is 5.74. The molecule has 1 aromatic heterocycles. The van der Waals surface area contributed by atoms with E-state index < -0.39 is 0 Å². The molecule has 0 bridgehead atoms. The Bertz CT molecular complexity index is 899. The maximum Gasteiger partial charge on any atom is 0.230 e. The number of benzene rings is 2. The van der Waals surface area contributed by atoms with Crippen LogP contribution in [0.4, 0.5) is 0 Å². The van der Waals surface area contributed by atoms with Crippen LogP contribution in [0.25, 0.3) is 11.5 Å². The lowest BCUT2D eigenvalue weighted by atomic mass is 10.2. The molecule has 3 rings (SSSR count). The maximum absolute atomic E-state index is 10.7. The number of hydrogen-bond donors (Lipinski definition) is 0. The molecule has 0 saturated heterocycles. The average molecular weight is 353 g/mol. The molecule has 0 aliphatic rings. The zero-order valence-electron chi connectivity index (χ0n) is 14.8. The van der Waals surface area contributed by atoms with Gasteiger partial charge in [-0.3, -0.25) is 4.79 Å². The molecule has 134 valence electrons. The number of ether oxygens (including phenoxy) is 3. The van der Waals surface area contributed by atoms with Gasteiger partial charge in [-0.2, -0.15) is 0 Å². The molecular weight excluding hydrogens is 334 g/mol. The number of aryl methyl sites for hydroxylation is 1. The van der Waals surface area contributed by atoms with Crippen molar-refractivity contribution >= 4 is 6.29 Å². The number of aromatic nitrogens is 1. The smallest absolute Gasteiger partial charge is 0.230 e. The van der Waals surface area contributed by atoms with Crippen LogP contribution in [0.1, 0.15) is 21.8 Å². The fourth-order valence-corrected chi connectivity index (χ4v) is 2.45. The highest BCUT2D eigenvalue weighted by Crippen LogP contribution is 2.34. The molecule has 0 amide bonds. The van der Waals surface area contributed by atoms with Gasteiger partial charge >= 0.3 is 0 Å². The second-order valence-electron chi connectivity index (χ2n) is 5.56. The standard InChI is InChI=1S/C20H19NO5/c1-13-18(12-25-15-6-4-14(11-22)5-7-15)21-20(26-13)17-10-16(23-2)8-9-19(17)24-3/h4-11H,12H2,1-3H3. The van der Waals surface area contributed by atoms with E-state index in [9.17, 15) is 4.79 Å². The Balaban J connectivity index is 1.81. The van der Waals surface area contributed by atoms with E-state index in [-0.39, 0.29) is 6.61 Å². The van der Waals surface area contributed by atoms with E-state index in [1.54, 1.807) is 44.6 Å². The number of carbonyl (C=O) groups is 1. The molecule has 0 aliphatic carbocycles. The van der Waals surface area contributed by atoms with Crippen LogP contribution in [0, 0.1) is 6.92 Å². The first kappa shape index (κ1) is 17.5. The van der Waals surface area contributed by atoms with E-state index in [0.717, 1.165) is 6.29 Å². The summed E-state index contributed by atoms with van der Waals surface area (Å²) in [5, 5.41) is 0. The van der Waals surface area contributed by atoms with Gasteiger partial charge in [-0.1, -0.05) is 0 Å². The summed E-state index contributed by atoms with van der Waals surface area (Å²) in [6.45, 7) is 2.08. The number of methoxy groups -OCH3 is 2. The maximum atomic E-state index is 10.7. The van der Waals surface area contributed by atoms with Crippen molar-refractivity contribution in [2.75, 3.05) is 14.2 Å². The van der Waals surface area contributed by atoms with Crippen molar-refractivity contribution in [1.29, 1.82) is 0 Å². The number of oxazole rings is 1. The first-order chi connectivity index (χ1) is 12.6. The SMILES string of the molecule is COc1ccc(OC)c(-c2nc(COc3ccc(C=O)cc3)c(C)o2)c1. The van der Waals surface area contributed by atoms with Gasteiger partial charge < -0.3 is 18.6 Å². The third-order valence-electron chi connectivity index (χ3n) is 3.92. The highest BCUT2D eigenvalue weighted by Gasteiger charge is 2.16. The number of rotatable bonds is 7. The summed E-state index contributed by atoms with van der Waals surface area (Å²) in [5.74, 6) is 3.08. The van der Waals surface area contributed by atoms with E-state index in [0.29, 0.717) is 45.7 Å². The summed E-state index contributed by atoms with van der Waals surface area (Å²) < 4.78 is 22.2. The van der Waals surface area contributed by atoms with Crippen molar-refractivity contribution in [2.45, 2.75) is 13.5 Å². The normalized spacial score (nSPS) is 10.4. The van der Waals surface area contributed by atoms with Crippen molar-refractivity contribution in [3.63, 3.8) is 0 Å². The molecule has 0 aliphatic heterocycles. The number of carbonyl (C=O) groups excluding carboxylic acids is 1. The Hall–Kier alpha value is -3.28. The average Bonchev–Trinajstić information content (AvgIpc) is 3.06. The van der Waals surface area contributed by atoms with Crippen LogP contribution >= 0.6 is 0 Å². The van der Waals surface area contributed by atoms with Gasteiger partial charge in [-0.05, 0) is 49.4 Å². The molecule has 0 unspecified atom stereocenters. The Morgan fingerprint density at radius 2 is 1.77 bits per heavy atom. The molecule has 2 aromatic carbocycles. The molecule has 0 atom stereocenters. The first-order valence-electron chi connectivity index (χ1n) is 8.01. The van der Waals surface area contributed by atoms with E-state index in [1.807, 2.05) is 19.1 Å². The van der Waals surface area contributed by atoms with Crippen LogP contribution in [0.3, 0.4) is 0 Å². The van der Waals surface area contributed by atoms with Gasteiger partial charge in [-0.25, -0.2) is 4.98 Å². The van der Waals surface area contributed by atoms with Gasteiger partial charge in [0.1, 0.15) is 41.6 Å². The molecule has 0 N–H and O–H groups in total. The van der Waals surface area contributed by atoms with Crippen molar-refractivity contribution in [3.05, 3.63) is 59.5 Å². The molecular formula is C20H19NO5. The lowest BCUT2D eigenvalue weighted by molar-refractivity contribution is 0.112. The zero-order valence-corrected chi connectivity index (χ0v) is 14.8. The molecule has 6 heteroatoms. The molecule has 3 aromatic rings. The predicted molar refractivity (Wildman–Crippen MR) is 95.9 cm³/mol. The number of nitrogens with zero attached hydrogens (tertiary/aromatic N) is 1. The van der Waals surface area contributed by atoms with Crippen LogP contribution in [0.5, 0.6) is 17.2 Å². The minimum Gasteiger partial charge on any atom is -0.497 e. The van der Waals surface area contributed by atoms with E-state index in [2.05, 4.69) is 4.98 Å². The number of hydrogen-bond acceptors (Lipinski definition) is 6. The van der Waals surface area contributed by atoms with Crippen LogP contribution in [-0.4, -0.2) is 25.5 Å². The van der Waals surface area contributed by atoms with E-state index >= 15 is 0 Å². The molecule has 0 fully saturated rings. The molecule has 0 spiro atoms. The van der Waals surface area contributed by atoms with Crippen LogP contribution in [0.15, 0.2) is 46.9 Å². The summed E-state index contributed by atoms with van der Waals surface area (Å²) in [5.41, 5.74) is 1.99. The fraction of sp³-hybridized carbons (Fsp3) is 0.200. The molecule has 0 saturated carbocycles. The summed E-state index contributed by atoms with van der Waals surface area (Å²) in [7, 11) is 3.19. The van der Waals surface area contributed by atoms with E-state index in [4.69, 9.17) is 18.6 Å². The summed E-state index contributed by atoms with van der Waals surface area (Å²) in [6, 6.07) is 12.3. The van der Waals surface area contributed by atoms with Crippen LogP contribution in [0.2, 0.25) is 0 Å². The van der Waals surface area contributed by atoms with Gasteiger partial charge in [0.2, 0.25) is 5.89 Å². The second-order valence-corrected chi connectivity index (χ2v) is 5.56. The zero-order chi connectivity index (χ0) is 18.5. The summed E-state index contributed by atoms with van der Waals surface area (Å²) >= 11 is 0. The largest absolute Gasteiger partial charge is 0.497 e. The van der Waals surface area contributed by atoms with Crippen molar-refractivity contribution in [3.8, 4) is 28.7 Å². The third kappa shape index (κ3) is 3.69. The lowest BCUT2D eigenvalue weighted by Crippen LogP contribution is -1.98. The molecule has 0 radical (unpaired) electrons.